The molecule has 1 aromatic carbocycles. The molecule has 2 N–H and O–H groups in total. The van der Waals surface area contributed by atoms with Gasteiger partial charge in [0.1, 0.15) is 5.75 Å². The van der Waals surface area contributed by atoms with E-state index in [0.29, 0.717) is 6.54 Å². The van der Waals surface area contributed by atoms with Crippen molar-refractivity contribution in [3.8, 4) is 5.75 Å². The number of ether oxygens (including phenoxy) is 1. The quantitative estimate of drug-likeness (QED) is 0.854. The van der Waals surface area contributed by atoms with E-state index in [0.717, 1.165) is 12.1 Å². The Bertz CT molecular complexity index is 408. The largest absolute Gasteiger partial charge is 0.573 e. The number of hydrogen-bond acceptors (Lipinski definition) is 3. The molecule has 100 valence electrons. The molecule has 0 spiro atoms. The number of carbonyl (C=O) groups is 1. The van der Waals surface area contributed by atoms with Crippen molar-refractivity contribution in [2.45, 2.75) is 13.3 Å². The van der Waals surface area contributed by atoms with Crippen molar-refractivity contribution in [2.75, 3.05) is 18.4 Å². The number of anilines is 1. The van der Waals surface area contributed by atoms with E-state index in [2.05, 4.69) is 15.4 Å². The number of likely N-dealkylation sites (N-methyl/N-ethyl adjacent to an activating group) is 1. The van der Waals surface area contributed by atoms with Gasteiger partial charge in [-0.05, 0) is 18.7 Å². The second kappa shape index (κ2) is 6.25. The molecule has 0 aliphatic heterocycles. The number of nitrogens with one attached hydrogen (secondary N) is 2. The maximum atomic E-state index is 12.0. The van der Waals surface area contributed by atoms with E-state index < -0.39 is 6.36 Å². The third-order valence-corrected chi connectivity index (χ3v) is 1.89. The van der Waals surface area contributed by atoms with Crippen molar-refractivity contribution < 1.29 is 22.7 Å². The summed E-state index contributed by atoms with van der Waals surface area (Å²) in [5.74, 6) is -0.704. The van der Waals surface area contributed by atoms with Crippen LogP contribution in [0.25, 0.3) is 0 Å². The molecule has 7 heteroatoms. The summed E-state index contributed by atoms with van der Waals surface area (Å²) in [5, 5.41) is 5.25. The fourth-order valence-electron chi connectivity index (χ4n) is 1.21. The molecule has 1 rings (SSSR count). The Kier molecular flexibility index (Phi) is 4.96. The average Bonchev–Trinajstić information content (AvgIpc) is 2.24. The van der Waals surface area contributed by atoms with Crippen LogP contribution >= 0.6 is 0 Å². The van der Waals surface area contributed by atoms with Crippen LogP contribution in [0.3, 0.4) is 0 Å². The van der Waals surface area contributed by atoms with Crippen LogP contribution in [0.4, 0.5) is 18.9 Å². The maximum absolute atomic E-state index is 12.0. The molecule has 0 bridgehead atoms. The third kappa shape index (κ3) is 5.53. The highest BCUT2D eigenvalue weighted by molar-refractivity contribution is 5.92. The number of alkyl halides is 3. The predicted octanol–water partition coefficient (Wildman–Crippen LogP) is 2.13. The number of rotatable bonds is 5. The molecule has 18 heavy (non-hydrogen) atoms. The lowest BCUT2D eigenvalue weighted by molar-refractivity contribution is -0.274. The van der Waals surface area contributed by atoms with Gasteiger partial charge < -0.3 is 15.4 Å². The summed E-state index contributed by atoms with van der Waals surface area (Å²) in [4.78, 5) is 11.3. The monoisotopic (exact) mass is 262 g/mol. The summed E-state index contributed by atoms with van der Waals surface area (Å²) < 4.78 is 39.7. The standard InChI is InChI=1S/C11H13F3N2O2/c1-2-15-7-10(17)16-8-4-3-5-9(6-8)18-11(12,13)14/h3-6,15H,2,7H2,1H3,(H,16,17). The normalized spacial score (nSPS) is 11.1. The summed E-state index contributed by atoms with van der Waals surface area (Å²) in [5.41, 5.74) is 0.250. The fourth-order valence-corrected chi connectivity index (χ4v) is 1.21. The highest BCUT2D eigenvalue weighted by Crippen LogP contribution is 2.24. The highest BCUT2D eigenvalue weighted by atomic mass is 19.4. The van der Waals surface area contributed by atoms with Gasteiger partial charge >= 0.3 is 6.36 Å². The summed E-state index contributed by atoms with van der Waals surface area (Å²) in [6.07, 6.45) is -4.74. The Morgan fingerprint density at radius 2 is 2.11 bits per heavy atom. The van der Waals surface area contributed by atoms with Gasteiger partial charge in [-0.15, -0.1) is 13.2 Å². The molecular weight excluding hydrogens is 249 g/mol. The lowest BCUT2D eigenvalue weighted by Crippen LogP contribution is -2.27. The van der Waals surface area contributed by atoms with Gasteiger partial charge in [-0.1, -0.05) is 13.0 Å². The zero-order chi connectivity index (χ0) is 13.6. The fraction of sp³-hybridized carbons (Fsp3) is 0.364. The van der Waals surface area contributed by atoms with Gasteiger partial charge in [-0.3, -0.25) is 4.79 Å². The lowest BCUT2D eigenvalue weighted by atomic mass is 10.3. The van der Waals surface area contributed by atoms with Crippen LogP contribution in [0.5, 0.6) is 5.75 Å². The molecule has 0 saturated carbocycles. The number of hydrogen-bond donors (Lipinski definition) is 2. The maximum Gasteiger partial charge on any atom is 0.573 e. The minimum atomic E-state index is -4.74. The van der Waals surface area contributed by atoms with E-state index in [-0.39, 0.29) is 23.9 Å². The molecule has 1 aromatic rings. The second-order valence-electron chi connectivity index (χ2n) is 3.40. The minimum Gasteiger partial charge on any atom is -0.406 e. The number of carbonyl (C=O) groups excluding carboxylic acids is 1. The molecule has 0 aliphatic rings. The van der Waals surface area contributed by atoms with Crippen molar-refractivity contribution >= 4 is 11.6 Å². The van der Waals surface area contributed by atoms with Crippen molar-refractivity contribution in [3.05, 3.63) is 24.3 Å². The molecule has 0 radical (unpaired) electrons. The van der Waals surface area contributed by atoms with Crippen LogP contribution in [0, 0.1) is 0 Å². The second-order valence-corrected chi connectivity index (χ2v) is 3.40. The Morgan fingerprint density at radius 3 is 2.72 bits per heavy atom. The van der Waals surface area contributed by atoms with Crippen LogP contribution in [0.1, 0.15) is 6.92 Å². The molecule has 4 nitrogen and oxygen atoms in total. The van der Waals surface area contributed by atoms with E-state index in [9.17, 15) is 18.0 Å². The van der Waals surface area contributed by atoms with Crippen molar-refractivity contribution in [3.63, 3.8) is 0 Å². The molecule has 0 heterocycles. The van der Waals surface area contributed by atoms with Crippen LogP contribution in [-0.4, -0.2) is 25.4 Å². The molecule has 0 saturated heterocycles. The van der Waals surface area contributed by atoms with Gasteiger partial charge in [0.2, 0.25) is 5.91 Å². The van der Waals surface area contributed by atoms with Crippen LogP contribution in [0.2, 0.25) is 0 Å². The Morgan fingerprint density at radius 1 is 1.39 bits per heavy atom. The highest BCUT2D eigenvalue weighted by Gasteiger charge is 2.31. The zero-order valence-electron chi connectivity index (χ0n) is 9.67. The van der Waals surface area contributed by atoms with Crippen molar-refractivity contribution in [1.82, 2.24) is 5.32 Å². The van der Waals surface area contributed by atoms with Gasteiger partial charge in [-0.2, -0.15) is 0 Å². The average molecular weight is 262 g/mol. The van der Waals surface area contributed by atoms with Crippen molar-refractivity contribution in [1.29, 1.82) is 0 Å². The lowest BCUT2D eigenvalue weighted by Gasteiger charge is -2.10. The van der Waals surface area contributed by atoms with E-state index >= 15 is 0 Å². The van der Waals surface area contributed by atoms with Gasteiger partial charge in [-0.25, -0.2) is 0 Å². The first-order valence-corrected chi connectivity index (χ1v) is 5.27. The summed E-state index contributed by atoms with van der Waals surface area (Å²) in [7, 11) is 0. The first kappa shape index (κ1) is 14.3. The molecule has 0 aromatic heterocycles. The van der Waals surface area contributed by atoms with Crippen LogP contribution in [-0.2, 0) is 4.79 Å². The van der Waals surface area contributed by atoms with Gasteiger partial charge in [0.05, 0.1) is 6.54 Å². The first-order valence-electron chi connectivity index (χ1n) is 5.27. The molecule has 0 fully saturated rings. The Hall–Kier alpha value is -1.76. The first-order chi connectivity index (χ1) is 8.40. The third-order valence-electron chi connectivity index (χ3n) is 1.89. The summed E-state index contributed by atoms with van der Waals surface area (Å²) in [6, 6.07) is 5.11. The molecular formula is C11H13F3N2O2. The summed E-state index contributed by atoms with van der Waals surface area (Å²) >= 11 is 0. The Balaban J connectivity index is 2.62. The van der Waals surface area contributed by atoms with E-state index in [1.54, 1.807) is 0 Å². The zero-order valence-corrected chi connectivity index (χ0v) is 9.67. The minimum absolute atomic E-state index is 0.0981. The van der Waals surface area contributed by atoms with Gasteiger partial charge in [0.15, 0.2) is 0 Å². The smallest absolute Gasteiger partial charge is 0.406 e. The van der Waals surface area contributed by atoms with Crippen LogP contribution < -0.4 is 15.4 Å². The predicted molar refractivity (Wildman–Crippen MR) is 60.3 cm³/mol. The molecule has 0 unspecified atom stereocenters. The topological polar surface area (TPSA) is 50.4 Å². The van der Waals surface area contributed by atoms with Crippen LogP contribution in [0.15, 0.2) is 24.3 Å². The van der Waals surface area contributed by atoms with Gasteiger partial charge in [0, 0.05) is 11.8 Å². The molecule has 0 atom stereocenters. The molecule has 0 aliphatic carbocycles. The van der Waals surface area contributed by atoms with E-state index in [4.69, 9.17) is 0 Å². The van der Waals surface area contributed by atoms with Crippen molar-refractivity contribution in [2.24, 2.45) is 0 Å². The van der Waals surface area contributed by atoms with E-state index in [1.807, 2.05) is 6.92 Å². The number of amides is 1. The SMILES string of the molecule is CCNCC(=O)Nc1cccc(OC(F)(F)F)c1. The van der Waals surface area contributed by atoms with E-state index in [1.165, 1.54) is 12.1 Å². The summed E-state index contributed by atoms with van der Waals surface area (Å²) in [6.45, 7) is 2.57. The molecule has 1 amide bonds. The Labute approximate surface area is 102 Å². The number of halogens is 3. The van der Waals surface area contributed by atoms with Gasteiger partial charge in [0.25, 0.3) is 0 Å². The number of benzene rings is 1.